The van der Waals surface area contributed by atoms with Crippen molar-refractivity contribution < 1.29 is 9.26 Å². The summed E-state index contributed by atoms with van der Waals surface area (Å²) >= 11 is 0. The molecule has 4 nitrogen and oxygen atoms in total. The molecule has 1 aliphatic heterocycles. The Morgan fingerprint density at radius 1 is 1.33 bits per heavy atom. The van der Waals surface area contributed by atoms with Gasteiger partial charge in [-0.25, -0.2) is 0 Å². The van der Waals surface area contributed by atoms with E-state index in [1.807, 2.05) is 13.8 Å². The maximum absolute atomic E-state index is 5.99. The second kappa shape index (κ2) is 5.53. The molecule has 0 spiro atoms. The van der Waals surface area contributed by atoms with Crippen LogP contribution < -0.4 is 10.1 Å². The molecule has 112 valence electrons. The number of fused-ring (bicyclic) bond motifs is 1. The standard InChI is InChI=1S/C17H22N2O2/c1-10-5-6-16-14(7-10)8-15(20-16)9-18-11(2)17-12(3)19-21-13(17)4/h5-7,11,15,18H,8-9H2,1-4H3. The van der Waals surface area contributed by atoms with Crippen LogP contribution in [0.25, 0.3) is 0 Å². The first kappa shape index (κ1) is 14.1. The van der Waals surface area contributed by atoms with Crippen LogP contribution in [0.2, 0.25) is 0 Å². The highest BCUT2D eigenvalue weighted by molar-refractivity contribution is 5.40. The summed E-state index contributed by atoms with van der Waals surface area (Å²) in [5.41, 5.74) is 4.71. The van der Waals surface area contributed by atoms with Crippen molar-refractivity contribution in [2.75, 3.05) is 6.54 Å². The first-order valence-corrected chi connectivity index (χ1v) is 7.47. The van der Waals surface area contributed by atoms with E-state index in [9.17, 15) is 0 Å². The van der Waals surface area contributed by atoms with Crippen LogP contribution in [0.1, 0.15) is 41.1 Å². The lowest BCUT2D eigenvalue weighted by Gasteiger charge is -2.17. The number of benzene rings is 1. The van der Waals surface area contributed by atoms with E-state index in [2.05, 4.69) is 42.5 Å². The van der Waals surface area contributed by atoms with E-state index < -0.39 is 0 Å². The molecule has 2 heterocycles. The summed E-state index contributed by atoms with van der Waals surface area (Å²) in [5.74, 6) is 1.91. The molecule has 0 saturated heterocycles. The van der Waals surface area contributed by atoms with E-state index in [0.717, 1.165) is 35.7 Å². The molecule has 2 unspecified atom stereocenters. The number of ether oxygens (including phenoxy) is 1. The van der Waals surface area contributed by atoms with Crippen molar-refractivity contribution >= 4 is 0 Å². The Kier molecular flexibility index (Phi) is 3.72. The topological polar surface area (TPSA) is 47.3 Å². The minimum atomic E-state index is 0.199. The Morgan fingerprint density at radius 2 is 2.14 bits per heavy atom. The van der Waals surface area contributed by atoms with Gasteiger partial charge in [-0.1, -0.05) is 22.9 Å². The van der Waals surface area contributed by atoms with Crippen molar-refractivity contribution in [3.63, 3.8) is 0 Å². The van der Waals surface area contributed by atoms with Gasteiger partial charge in [-0.3, -0.25) is 0 Å². The van der Waals surface area contributed by atoms with Crippen molar-refractivity contribution in [1.82, 2.24) is 10.5 Å². The molecule has 1 aliphatic rings. The Morgan fingerprint density at radius 3 is 2.86 bits per heavy atom. The van der Waals surface area contributed by atoms with Crippen LogP contribution in [0, 0.1) is 20.8 Å². The van der Waals surface area contributed by atoms with Crippen LogP contribution in [0.5, 0.6) is 5.75 Å². The van der Waals surface area contributed by atoms with E-state index in [-0.39, 0.29) is 12.1 Å². The number of nitrogens with zero attached hydrogens (tertiary/aromatic N) is 1. The van der Waals surface area contributed by atoms with E-state index in [1.54, 1.807) is 0 Å². The van der Waals surface area contributed by atoms with Crippen LogP contribution in [-0.2, 0) is 6.42 Å². The molecule has 2 aromatic rings. The van der Waals surface area contributed by atoms with Gasteiger partial charge in [-0.2, -0.15) is 0 Å². The zero-order valence-electron chi connectivity index (χ0n) is 13.1. The van der Waals surface area contributed by atoms with Crippen molar-refractivity contribution in [1.29, 1.82) is 0 Å². The molecule has 1 aromatic heterocycles. The fourth-order valence-corrected chi connectivity index (χ4v) is 3.08. The predicted molar refractivity (Wildman–Crippen MR) is 81.7 cm³/mol. The van der Waals surface area contributed by atoms with E-state index >= 15 is 0 Å². The third-order valence-corrected chi connectivity index (χ3v) is 4.13. The van der Waals surface area contributed by atoms with Gasteiger partial charge >= 0.3 is 0 Å². The summed E-state index contributed by atoms with van der Waals surface area (Å²) in [6.45, 7) is 9.01. The molecule has 0 saturated carbocycles. The lowest BCUT2D eigenvalue weighted by molar-refractivity contribution is 0.222. The molecule has 0 fully saturated rings. The van der Waals surface area contributed by atoms with E-state index in [0.29, 0.717) is 0 Å². The van der Waals surface area contributed by atoms with E-state index in [1.165, 1.54) is 11.1 Å². The highest BCUT2D eigenvalue weighted by atomic mass is 16.5. The zero-order valence-corrected chi connectivity index (χ0v) is 13.1. The van der Waals surface area contributed by atoms with Crippen LogP contribution in [-0.4, -0.2) is 17.8 Å². The van der Waals surface area contributed by atoms with Gasteiger partial charge in [0.2, 0.25) is 0 Å². The number of hydrogen-bond donors (Lipinski definition) is 1. The summed E-state index contributed by atoms with van der Waals surface area (Å²) in [4.78, 5) is 0. The van der Waals surface area contributed by atoms with Crippen LogP contribution in [0.4, 0.5) is 0 Å². The van der Waals surface area contributed by atoms with Crippen LogP contribution >= 0.6 is 0 Å². The summed E-state index contributed by atoms with van der Waals surface area (Å²) < 4.78 is 11.2. The quantitative estimate of drug-likeness (QED) is 0.937. The van der Waals surface area contributed by atoms with Crippen molar-refractivity contribution in [3.05, 3.63) is 46.3 Å². The molecule has 21 heavy (non-hydrogen) atoms. The maximum Gasteiger partial charge on any atom is 0.138 e. The van der Waals surface area contributed by atoms with Gasteiger partial charge in [-0.15, -0.1) is 0 Å². The molecule has 4 heteroatoms. The monoisotopic (exact) mass is 286 g/mol. The average molecular weight is 286 g/mol. The molecule has 0 radical (unpaired) electrons. The second-order valence-corrected chi connectivity index (χ2v) is 5.92. The van der Waals surface area contributed by atoms with Gasteiger partial charge in [0.1, 0.15) is 17.6 Å². The Balaban J connectivity index is 1.60. The summed E-state index contributed by atoms with van der Waals surface area (Å²) in [5, 5.41) is 7.55. The molecule has 2 atom stereocenters. The molecular weight excluding hydrogens is 264 g/mol. The number of hydrogen-bond acceptors (Lipinski definition) is 4. The van der Waals surface area contributed by atoms with Crippen molar-refractivity contribution in [2.45, 2.75) is 46.3 Å². The van der Waals surface area contributed by atoms with Gasteiger partial charge in [0.25, 0.3) is 0 Å². The molecule has 1 N–H and O–H groups in total. The van der Waals surface area contributed by atoms with E-state index in [4.69, 9.17) is 9.26 Å². The number of rotatable bonds is 4. The van der Waals surface area contributed by atoms with Gasteiger partial charge in [0.05, 0.1) is 5.69 Å². The highest BCUT2D eigenvalue weighted by Crippen LogP contribution is 2.29. The summed E-state index contributed by atoms with van der Waals surface area (Å²) in [6.07, 6.45) is 1.17. The van der Waals surface area contributed by atoms with Crippen LogP contribution in [0.15, 0.2) is 22.7 Å². The van der Waals surface area contributed by atoms with Gasteiger partial charge in [0.15, 0.2) is 0 Å². The molecule has 0 aliphatic carbocycles. The minimum Gasteiger partial charge on any atom is -0.488 e. The fourth-order valence-electron chi connectivity index (χ4n) is 3.08. The lowest BCUT2D eigenvalue weighted by Crippen LogP contribution is -2.32. The maximum atomic E-state index is 5.99. The predicted octanol–water partition coefficient (Wildman–Crippen LogP) is 3.25. The van der Waals surface area contributed by atoms with Gasteiger partial charge in [-0.05, 0) is 39.3 Å². The Hall–Kier alpha value is -1.81. The summed E-state index contributed by atoms with van der Waals surface area (Å²) in [7, 11) is 0. The molecule has 0 amide bonds. The van der Waals surface area contributed by atoms with Crippen LogP contribution in [0.3, 0.4) is 0 Å². The van der Waals surface area contributed by atoms with Gasteiger partial charge in [0, 0.05) is 24.6 Å². The largest absolute Gasteiger partial charge is 0.488 e. The van der Waals surface area contributed by atoms with Gasteiger partial charge < -0.3 is 14.6 Å². The molecule has 3 rings (SSSR count). The molecule has 0 bridgehead atoms. The summed E-state index contributed by atoms with van der Waals surface area (Å²) in [6, 6.07) is 6.60. The molecule has 1 aromatic carbocycles. The van der Waals surface area contributed by atoms with Crippen molar-refractivity contribution in [2.24, 2.45) is 0 Å². The van der Waals surface area contributed by atoms with Crippen molar-refractivity contribution in [3.8, 4) is 5.75 Å². The third kappa shape index (κ3) is 2.81. The third-order valence-electron chi connectivity index (χ3n) is 4.13. The second-order valence-electron chi connectivity index (χ2n) is 5.92. The molecular formula is C17H22N2O2. The smallest absolute Gasteiger partial charge is 0.138 e. The fraction of sp³-hybridized carbons (Fsp3) is 0.471. The lowest BCUT2D eigenvalue weighted by atomic mass is 10.1. The number of aryl methyl sites for hydroxylation is 3. The number of nitrogens with one attached hydrogen (secondary N) is 1. The first-order valence-electron chi connectivity index (χ1n) is 7.47. The normalized spacial score (nSPS) is 18.4. The highest BCUT2D eigenvalue weighted by Gasteiger charge is 2.24. The first-order chi connectivity index (χ1) is 10.0. The zero-order chi connectivity index (χ0) is 15.0. The SMILES string of the molecule is Cc1ccc2c(c1)CC(CNC(C)c1c(C)noc1C)O2. The Bertz CT molecular complexity index is 629. The number of aromatic nitrogens is 1. The Labute approximate surface area is 125 Å². The minimum absolute atomic E-state index is 0.199. The average Bonchev–Trinajstić information content (AvgIpc) is 2.99.